The molecule has 1 saturated carbocycles. The summed E-state index contributed by atoms with van der Waals surface area (Å²) in [6, 6.07) is 0.968. The predicted molar refractivity (Wildman–Crippen MR) is 70.0 cm³/mol. The Bertz CT molecular complexity index is 514. The zero-order valence-corrected chi connectivity index (χ0v) is 11.9. The number of aliphatic carboxylic acids is 1. The molecule has 0 amide bonds. The first kappa shape index (κ1) is 14.1. The van der Waals surface area contributed by atoms with E-state index in [1.807, 2.05) is 0 Å². The predicted octanol–water partition coefficient (Wildman–Crippen LogP) is 3.27. The molecule has 0 aromatic heterocycles. The number of methoxy groups -OCH3 is 1. The largest absolute Gasteiger partial charge is 0.504 e. The number of carboxylic acid groups (broad SMARTS) is 1. The highest BCUT2D eigenvalue weighted by Gasteiger charge is 2.37. The zero-order chi connectivity index (χ0) is 14.2. The van der Waals surface area contributed by atoms with E-state index in [0.29, 0.717) is 4.47 Å². The summed E-state index contributed by atoms with van der Waals surface area (Å²) in [6.07, 6.45) is 1.66. The maximum atomic E-state index is 14.1. The van der Waals surface area contributed by atoms with Crippen LogP contribution in [0.5, 0.6) is 11.5 Å². The van der Waals surface area contributed by atoms with Crippen LogP contribution in [0.2, 0.25) is 0 Å². The first-order chi connectivity index (χ1) is 8.95. The standard InChI is InChI=1S/C13H14BrFO4/c1-19-13-9(16)5-8(15)11(12(13)14)7(4-10(17)18)6-2-3-6/h5-7,16H,2-4H2,1H3,(H,17,18). The van der Waals surface area contributed by atoms with Crippen LogP contribution in [0, 0.1) is 11.7 Å². The summed E-state index contributed by atoms with van der Waals surface area (Å²) in [5, 5.41) is 18.6. The molecule has 1 atom stereocenters. The average Bonchev–Trinajstić information content (AvgIpc) is 3.10. The fourth-order valence-corrected chi connectivity index (χ4v) is 3.18. The Hall–Kier alpha value is -1.30. The molecule has 2 rings (SSSR count). The van der Waals surface area contributed by atoms with Crippen molar-refractivity contribution in [1.82, 2.24) is 0 Å². The molecule has 1 aromatic carbocycles. The Morgan fingerprint density at radius 2 is 2.26 bits per heavy atom. The minimum Gasteiger partial charge on any atom is -0.504 e. The number of ether oxygens (including phenoxy) is 1. The molecule has 0 spiro atoms. The highest BCUT2D eigenvalue weighted by molar-refractivity contribution is 9.10. The van der Waals surface area contributed by atoms with Crippen LogP contribution in [0.15, 0.2) is 10.5 Å². The van der Waals surface area contributed by atoms with E-state index in [2.05, 4.69) is 15.9 Å². The van der Waals surface area contributed by atoms with Crippen molar-refractivity contribution in [3.63, 3.8) is 0 Å². The zero-order valence-electron chi connectivity index (χ0n) is 10.3. The van der Waals surface area contributed by atoms with E-state index in [0.717, 1.165) is 18.9 Å². The van der Waals surface area contributed by atoms with Crippen LogP contribution in [-0.2, 0) is 4.79 Å². The first-order valence-electron chi connectivity index (χ1n) is 5.92. The number of hydrogen-bond acceptors (Lipinski definition) is 3. The lowest BCUT2D eigenvalue weighted by Crippen LogP contribution is -2.11. The van der Waals surface area contributed by atoms with Gasteiger partial charge in [-0.05, 0) is 34.7 Å². The van der Waals surface area contributed by atoms with Crippen molar-refractivity contribution < 1.29 is 24.1 Å². The fourth-order valence-electron chi connectivity index (χ4n) is 2.33. The van der Waals surface area contributed by atoms with E-state index < -0.39 is 17.7 Å². The van der Waals surface area contributed by atoms with E-state index in [-0.39, 0.29) is 29.4 Å². The molecular formula is C13H14BrFO4. The Morgan fingerprint density at radius 1 is 1.63 bits per heavy atom. The van der Waals surface area contributed by atoms with Gasteiger partial charge in [0.1, 0.15) is 5.82 Å². The summed E-state index contributed by atoms with van der Waals surface area (Å²) in [5.74, 6) is -1.97. The average molecular weight is 333 g/mol. The van der Waals surface area contributed by atoms with Crippen LogP contribution >= 0.6 is 15.9 Å². The molecular weight excluding hydrogens is 319 g/mol. The lowest BCUT2D eigenvalue weighted by atomic mass is 9.90. The van der Waals surface area contributed by atoms with Crippen molar-refractivity contribution in [2.45, 2.75) is 25.2 Å². The quantitative estimate of drug-likeness (QED) is 0.868. The molecule has 1 aromatic rings. The van der Waals surface area contributed by atoms with Gasteiger partial charge in [-0.2, -0.15) is 0 Å². The number of benzene rings is 1. The third-order valence-electron chi connectivity index (χ3n) is 3.35. The number of phenolic OH excluding ortho intramolecular Hbond substituents is 1. The van der Waals surface area contributed by atoms with E-state index in [9.17, 15) is 14.3 Å². The maximum absolute atomic E-state index is 14.1. The molecule has 1 unspecified atom stereocenters. The van der Waals surface area contributed by atoms with Gasteiger partial charge in [-0.3, -0.25) is 4.79 Å². The van der Waals surface area contributed by atoms with Gasteiger partial charge in [-0.25, -0.2) is 4.39 Å². The third kappa shape index (κ3) is 2.83. The number of hydrogen-bond donors (Lipinski definition) is 2. The Balaban J connectivity index is 2.49. The summed E-state index contributed by atoms with van der Waals surface area (Å²) < 4.78 is 19.4. The van der Waals surface area contributed by atoms with Crippen LogP contribution in [0.25, 0.3) is 0 Å². The number of phenols is 1. The van der Waals surface area contributed by atoms with Crippen LogP contribution in [0.3, 0.4) is 0 Å². The van der Waals surface area contributed by atoms with Gasteiger partial charge >= 0.3 is 5.97 Å². The fraction of sp³-hybridized carbons (Fsp3) is 0.462. The van der Waals surface area contributed by atoms with Gasteiger partial charge in [0.2, 0.25) is 0 Å². The van der Waals surface area contributed by atoms with Crippen molar-refractivity contribution >= 4 is 21.9 Å². The molecule has 0 bridgehead atoms. The molecule has 1 fully saturated rings. The van der Waals surface area contributed by atoms with Crippen molar-refractivity contribution in [3.05, 3.63) is 21.9 Å². The van der Waals surface area contributed by atoms with Crippen LogP contribution in [0.1, 0.15) is 30.7 Å². The van der Waals surface area contributed by atoms with Gasteiger partial charge in [0.25, 0.3) is 0 Å². The molecule has 4 nitrogen and oxygen atoms in total. The number of halogens is 2. The molecule has 2 N–H and O–H groups in total. The van der Waals surface area contributed by atoms with E-state index in [1.54, 1.807) is 0 Å². The summed E-state index contributed by atoms with van der Waals surface area (Å²) in [7, 11) is 1.37. The van der Waals surface area contributed by atoms with Crippen LogP contribution in [0.4, 0.5) is 4.39 Å². The summed E-state index contributed by atoms with van der Waals surface area (Å²) in [5.41, 5.74) is 0.277. The molecule has 0 aliphatic heterocycles. The molecule has 6 heteroatoms. The highest BCUT2D eigenvalue weighted by atomic mass is 79.9. The van der Waals surface area contributed by atoms with Crippen molar-refractivity contribution in [2.75, 3.05) is 7.11 Å². The Labute approximate surface area is 118 Å². The maximum Gasteiger partial charge on any atom is 0.303 e. The first-order valence-corrected chi connectivity index (χ1v) is 6.71. The van der Waals surface area contributed by atoms with Crippen molar-refractivity contribution in [3.8, 4) is 11.5 Å². The molecule has 104 valence electrons. The molecule has 0 radical (unpaired) electrons. The molecule has 1 aliphatic rings. The molecule has 1 aliphatic carbocycles. The minimum atomic E-state index is -0.963. The second kappa shape index (κ2) is 5.36. The highest BCUT2D eigenvalue weighted by Crippen LogP contribution is 2.50. The number of rotatable bonds is 5. The number of aromatic hydroxyl groups is 1. The molecule has 19 heavy (non-hydrogen) atoms. The summed E-state index contributed by atoms with van der Waals surface area (Å²) >= 11 is 3.21. The van der Waals surface area contributed by atoms with Gasteiger partial charge < -0.3 is 14.9 Å². The van der Waals surface area contributed by atoms with E-state index >= 15 is 0 Å². The lowest BCUT2D eigenvalue weighted by molar-refractivity contribution is -0.137. The normalized spacial score (nSPS) is 16.2. The molecule has 0 heterocycles. The smallest absolute Gasteiger partial charge is 0.303 e. The monoisotopic (exact) mass is 332 g/mol. The van der Waals surface area contributed by atoms with Gasteiger partial charge in [0, 0.05) is 17.5 Å². The topological polar surface area (TPSA) is 66.8 Å². The number of carbonyl (C=O) groups is 1. The Kier molecular flexibility index (Phi) is 3.99. The van der Waals surface area contributed by atoms with Gasteiger partial charge in [0.05, 0.1) is 18.0 Å². The number of carboxylic acids is 1. The second-order valence-electron chi connectivity index (χ2n) is 4.68. The van der Waals surface area contributed by atoms with Crippen LogP contribution < -0.4 is 4.74 Å². The van der Waals surface area contributed by atoms with Crippen LogP contribution in [-0.4, -0.2) is 23.3 Å². The third-order valence-corrected chi connectivity index (χ3v) is 4.14. The van der Waals surface area contributed by atoms with Gasteiger partial charge in [-0.15, -0.1) is 0 Å². The summed E-state index contributed by atoms with van der Waals surface area (Å²) in [6.45, 7) is 0. The van der Waals surface area contributed by atoms with Gasteiger partial charge in [0.15, 0.2) is 11.5 Å². The SMILES string of the molecule is COc1c(O)cc(F)c(C(CC(=O)O)C2CC2)c1Br. The van der Waals surface area contributed by atoms with E-state index in [1.165, 1.54) is 7.11 Å². The van der Waals surface area contributed by atoms with Crippen molar-refractivity contribution in [1.29, 1.82) is 0 Å². The second-order valence-corrected chi connectivity index (χ2v) is 5.47. The lowest BCUT2D eigenvalue weighted by Gasteiger charge is -2.19. The van der Waals surface area contributed by atoms with E-state index in [4.69, 9.17) is 9.84 Å². The Morgan fingerprint density at radius 3 is 2.74 bits per heavy atom. The molecule has 0 saturated heterocycles. The minimum absolute atomic E-state index is 0.131. The van der Waals surface area contributed by atoms with Gasteiger partial charge in [-0.1, -0.05) is 0 Å². The van der Waals surface area contributed by atoms with Crippen molar-refractivity contribution in [2.24, 2.45) is 5.92 Å². The summed E-state index contributed by atoms with van der Waals surface area (Å²) in [4.78, 5) is 10.9.